The van der Waals surface area contributed by atoms with E-state index in [1.165, 1.54) is 7.11 Å². The maximum atomic E-state index is 12.4. The highest BCUT2D eigenvalue weighted by atomic mass is 16.6. The van der Waals surface area contributed by atoms with Gasteiger partial charge in [-0.3, -0.25) is 0 Å². The summed E-state index contributed by atoms with van der Waals surface area (Å²) in [6, 6.07) is 24.0. The predicted octanol–water partition coefficient (Wildman–Crippen LogP) is 5.29. The predicted molar refractivity (Wildman–Crippen MR) is 109 cm³/mol. The Kier molecular flexibility index (Phi) is 5.88. The van der Waals surface area contributed by atoms with Gasteiger partial charge < -0.3 is 9.47 Å². The molecule has 4 heteroatoms. The lowest BCUT2D eigenvalue weighted by atomic mass is 10.0. The van der Waals surface area contributed by atoms with E-state index in [9.17, 15) is 10.1 Å². The van der Waals surface area contributed by atoms with Crippen LogP contribution >= 0.6 is 0 Å². The largest absolute Gasteiger partial charge is 0.493 e. The summed E-state index contributed by atoms with van der Waals surface area (Å²) < 4.78 is 10.9. The summed E-state index contributed by atoms with van der Waals surface area (Å²) >= 11 is 0. The van der Waals surface area contributed by atoms with Crippen molar-refractivity contribution in [3.63, 3.8) is 0 Å². The van der Waals surface area contributed by atoms with Gasteiger partial charge in [-0.1, -0.05) is 54.1 Å². The van der Waals surface area contributed by atoms with Crippen molar-refractivity contribution in [3.05, 3.63) is 95.1 Å². The number of nitriles is 1. The van der Waals surface area contributed by atoms with Gasteiger partial charge >= 0.3 is 5.97 Å². The number of aryl methyl sites for hydroxylation is 1. The van der Waals surface area contributed by atoms with Crippen LogP contribution in [0.5, 0.6) is 11.5 Å². The van der Waals surface area contributed by atoms with Crippen LogP contribution in [0.4, 0.5) is 0 Å². The first-order chi connectivity index (χ1) is 13.6. The molecule has 0 aliphatic rings. The molecule has 0 aliphatic heterocycles. The Morgan fingerprint density at radius 3 is 2.36 bits per heavy atom. The molecule has 0 aliphatic carbocycles. The van der Waals surface area contributed by atoms with Crippen LogP contribution in [0.25, 0.3) is 11.6 Å². The fourth-order valence-electron chi connectivity index (χ4n) is 2.75. The number of hydrogen-bond acceptors (Lipinski definition) is 4. The van der Waals surface area contributed by atoms with E-state index in [1.807, 2.05) is 49.4 Å². The summed E-state index contributed by atoms with van der Waals surface area (Å²) in [6.07, 6.45) is 1.77. The molecule has 0 radical (unpaired) electrons. The van der Waals surface area contributed by atoms with Gasteiger partial charge in [0.15, 0.2) is 11.5 Å². The van der Waals surface area contributed by atoms with E-state index in [0.29, 0.717) is 22.6 Å². The van der Waals surface area contributed by atoms with Crippen LogP contribution < -0.4 is 9.47 Å². The Morgan fingerprint density at radius 1 is 0.929 bits per heavy atom. The third-order valence-electron chi connectivity index (χ3n) is 4.16. The first-order valence-electron chi connectivity index (χ1n) is 8.75. The van der Waals surface area contributed by atoms with Crippen molar-refractivity contribution in [1.29, 1.82) is 5.26 Å². The number of rotatable bonds is 5. The van der Waals surface area contributed by atoms with Crippen LogP contribution in [0.1, 0.15) is 27.0 Å². The molecule has 138 valence electrons. The van der Waals surface area contributed by atoms with Gasteiger partial charge in [0.1, 0.15) is 0 Å². The molecule has 3 aromatic carbocycles. The molecule has 0 heterocycles. The first kappa shape index (κ1) is 18.9. The van der Waals surface area contributed by atoms with E-state index in [0.717, 1.165) is 16.7 Å². The molecule has 4 nitrogen and oxygen atoms in total. The van der Waals surface area contributed by atoms with Gasteiger partial charge in [-0.05, 0) is 48.4 Å². The molecule has 0 bridgehead atoms. The van der Waals surface area contributed by atoms with Crippen LogP contribution in [-0.2, 0) is 0 Å². The van der Waals surface area contributed by atoms with E-state index < -0.39 is 5.97 Å². The van der Waals surface area contributed by atoms with Gasteiger partial charge in [-0.25, -0.2) is 4.79 Å². The number of ether oxygens (including phenoxy) is 2. The van der Waals surface area contributed by atoms with Crippen LogP contribution in [0.15, 0.2) is 72.8 Å². The van der Waals surface area contributed by atoms with Crippen molar-refractivity contribution in [2.75, 3.05) is 7.11 Å². The van der Waals surface area contributed by atoms with E-state index in [-0.39, 0.29) is 0 Å². The fourth-order valence-corrected chi connectivity index (χ4v) is 2.75. The third-order valence-corrected chi connectivity index (χ3v) is 4.16. The van der Waals surface area contributed by atoms with Gasteiger partial charge in [0.25, 0.3) is 0 Å². The van der Waals surface area contributed by atoms with Crippen molar-refractivity contribution in [2.45, 2.75) is 6.92 Å². The molecule has 0 amide bonds. The van der Waals surface area contributed by atoms with Crippen LogP contribution in [0.3, 0.4) is 0 Å². The SMILES string of the molecule is COc1cc(/C=C(\C#N)c2ccccc2)ccc1OC(=O)c1cccc(C)c1. The van der Waals surface area contributed by atoms with E-state index in [4.69, 9.17) is 9.47 Å². The molecule has 0 saturated heterocycles. The minimum absolute atomic E-state index is 0.323. The lowest BCUT2D eigenvalue weighted by Gasteiger charge is -2.10. The van der Waals surface area contributed by atoms with Gasteiger partial charge in [0, 0.05) is 0 Å². The second-order valence-corrected chi connectivity index (χ2v) is 6.21. The Morgan fingerprint density at radius 2 is 1.68 bits per heavy atom. The quantitative estimate of drug-likeness (QED) is 0.265. The van der Waals surface area contributed by atoms with Gasteiger partial charge in [-0.15, -0.1) is 0 Å². The average Bonchev–Trinajstić information content (AvgIpc) is 2.73. The normalized spacial score (nSPS) is 10.8. The molecule has 28 heavy (non-hydrogen) atoms. The second kappa shape index (κ2) is 8.70. The fraction of sp³-hybridized carbons (Fsp3) is 0.0833. The number of carbonyl (C=O) groups is 1. The highest BCUT2D eigenvalue weighted by Crippen LogP contribution is 2.30. The molecule has 0 unspecified atom stereocenters. The number of allylic oxidation sites excluding steroid dienone is 1. The van der Waals surface area contributed by atoms with Crippen molar-refractivity contribution in [2.24, 2.45) is 0 Å². The number of methoxy groups -OCH3 is 1. The van der Waals surface area contributed by atoms with Crippen molar-refractivity contribution in [3.8, 4) is 17.6 Å². The number of hydrogen-bond donors (Lipinski definition) is 0. The number of carbonyl (C=O) groups excluding carboxylic acids is 1. The molecule has 0 saturated carbocycles. The monoisotopic (exact) mass is 369 g/mol. The molecule has 0 spiro atoms. The van der Waals surface area contributed by atoms with Gasteiger partial charge in [0.05, 0.1) is 24.3 Å². The molecular weight excluding hydrogens is 350 g/mol. The standard InChI is InChI=1S/C24H19NO3/c1-17-7-6-10-20(13-17)24(26)28-22-12-11-18(15-23(22)27-2)14-21(16-25)19-8-4-3-5-9-19/h3-15H,1-2H3/b21-14+. The zero-order valence-corrected chi connectivity index (χ0v) is 15.7. The van der Waals surface area contributed by atoms with Crippen LogP contribution in [0, 0.1) is 18.3 Å². The molecule has 0 N–H and O–H groups in total. The van der Waals surface area contributed by atoms with Crippen LogP contribution in [0.2, 0.25) is 0 Å². The Labute approximate surface area is 164 Å². The average molecular weight is 369 g/mol. The number of esters is 1. The first-order valence-corrected chi connectivity index (χ1v) is 8.75. The topological polar surface area (TPSA) is 59.3 Å². The highest BCUT2D eigenvalue weighted by molar-refractivity contribution is 5.92. The molecule has 3 rings (SSSR count). The van der Waals surface area contributed by atoms with Crippen molar-refractivity contribution < 1.29 is 14.3 Å². The number of nitrogens with zero attached hydrogens (tertiary/aromatic N) is 1. The lowest BCUT2D eigenvalue weighted by Crippen LogP contribution is -2.09. The molecule has 0 fully saturated rings. The van der Waals surface area contributed by atoms with Crippen LogP contribution in [-0.4, -0.2) is 13.1 Å². The van der Waals surface area contributed by atoms with Crippen molar-refractivity contribution in [1.82, 2.24) is 0 Å². The summed E-state index contributed by atoms with van der Waals surface area (Å²) in [5, 5.41) is 9.47. The second-order valence-electron chi connectivity index (χ2n) is 6.21. The highest BCUT2D eigenvalue weighted by Gasteiger charge is 2.13. The zero-order chi connectivity index (χ0) is 19.9. The molecule has 0 atom stereocenters. The summed E-state index contributed by atoms with van der Waals surface area (Å²) in [7, 11) is 1.51. The molecule has 3 aromatic rings. The third kappa shape index (κ3) is 4.46. The summed E-state index contributed by atoms with van der Waals surface area (Å²) in [5.41, 5.74) is 3.59. The van der Waals surface area contributed by atoms with Gasteiger partial charge in [-0.2, -0.15) is 5.26 Å². The van der Waals surface area contributed by atoms with E-state index >= 15 is 0 Å². The van der Waals surface area contributed by atoms with Gasteiger partial charge in [0.2, 0.25) is 0 Å². The van der Waals surface area contributed by atoms with E-state index in [1.54, 1.807) is 36.4 Å². The minimum atomic E-state index is -0.452. The Hall–Kier alpha value is -3.84. The smallest absolute Gasteiger partial charge is 0.343 e. The minimum Gasteiger partial charge on any atom is -0.493 e. The van der Waals surface area contributed by atoms with Crippen molar-refractivity contribution >= 4 is 17.6 Å². The zero-order valence-electron chi connectivity index (χ0n) is 15.7. The summed E-state index contributed by atoms with van der Waals surface area (Å²) in [5.74, 6) is 0.289. The van der Waals surface area contributed by atoms with E-state index in [2.05, 4.69) is 6.07 Å². The number of benzene rings is 3. The summed E-state index contributed by atoms with van der Waals surface area (Å²) in [6.45, 7) is 1.91. The Balaban J connectivity index is 1.87. The maximum Gasteiger partial charge on any atom is 0.343 e. The lowest BCUT2D eigenvalue weighted by molar-refractivity contribution is 0.0729. The summed E-state index contributed by atoms with van der Waals surface area (Å²) in [4.78, 5) is 12.4. The maximum absolute atomic E-state index is 12.4. The molecular formula is C24H19NO3. The Bertz CT molecular complexity index is 1060. The molecule has 0 aromatic heterocycles.